The van der Waals surface area contributed by atoms with Crippen LogP contribution in [-0.4, -0.2) is 26.2 Å². The molecule has 0 spiro atoms. The van der Waals surface area contributed by atoms with Crippen molar-refractivity contribution in [3.63, 3.8) is 0 Å². The van der Waals surface area contributed by atoms with Crippen LogP contribution in [0.1, 0.15) is 31.2 Å². The summed E-state index contributed by atoms with van der Waals surface area (Å²) in [4.78, 5) is -0.966. The minimum Gasteiger partial charge on any atom is -0.391 e. The summed E-state index contributed by atoms with van der Waals surface area (Å²) in [6.45, 7) is 0.108. The molecule has 5 nitrogen and oxygen atoms in total. The molecule has 0 bridgehead atoms. The first-order chi connectivity index (χ1) is 10.6. The number of anilines is 1. The number of primary sulfonamides is 1. The van der Waals surface area contributed by atoms with Crippen molar-refractivity contribution >= 4 is 15.7 Å². The molecule has 0 radical (unpaired) electrons. The van der Waals surface area contributed by atoms with Gasteiger partial charge >= 0.3 is 6.18 Å². The van der Waals surface area contributed by atoms with Crippen LogP contribution in [0.3, 0.4) is 0 Å². The summed E-state index contributed by atoms with van der Waals surface area (Å²) < 4.78 is 61.6. The molecule has 1 aromatic carbocycles. The standard InChI is InChI=1S/C14H19F3N2O3S/c15-14(16,17)11-7-10(5-6-13(11)23(18,21)22)19-8-12(20)9-3-1-2-4-9/h5-7,9,12,19-20H,1-4,8H2,(H2,18,21,22). The van der Waals surface area contributed by atoms with Gasteiger partial charge < -0.3 is 10.4 Å². The van der Waals surface area contributed by atoms with Crippen LogP contribution in [0.4, 0.5) is 18.9 Å². The third-order valence-corrected chi connectivity index (χ3v) is 5.02. The Morgan fingerprint density at radius 3 is 2.43 bits per heavy atom. The summed E-state index contributed by atoms with van der Waals surface area (Å²) in [5.74, 6) is 0.147. The number of rotatable bonds is 5. The van der Waals surface area contributed by atoms with Crippen LogP contribution >= 0.6 is 0 Å². The fraction of sp³-hybridized carbons (Fsp3) is 0.571. The summed E-state index contributed by atoms with van der Waals surface area (Å²) >= 11 is 0. The van der Waals surface area contributed by atoms with E-state index in [9.17, 15) is 26.7 Å². The minimum atomic E-state index is -4.84. The molecule has 0 aliphatic heterocycles. The summed E-state index contributed by atoms with van der Waals surface area (Å²) in [6.07, 6.45) is -1.60. The van der Waals surface area contributed by atoms with Gasteiger partial charge in [-0.2, -0.15) is 13.2 Å². The molecular formula is C14H19F3N2O3S. The van der Waals surface area contributed by atoms with E-state index in [-0.39, 0.29) is 18.2 Å². The Morgan fingerprint density at radius 1 is 1.30 bits per heavy atom. The van der Waals surface area contributed by atoms with Gasteiger partial charge in [0.05, 0.1) is 16.6 Å². The average Bonchev–Trinajstić information content (AvgIpc) is 2.96. The summed E-state index contributed by atoms with van der Waals surface area (Å²) in [6, 6.07) is 2.72. The molecule has 0 aromatic heterocycles. The molecule has 1 aromatic rings. The Hall–Kier alpha value is -1.32. The van der Waals surface area contributed by atoms with Crippen molar-refractivity contribution in [2.75, 3.05) is 11.9 Å². The Labute approximate surface area is 132 Å². The third-order valence-electron chi connectivity index (χ3n) is 4.05. The molecule has 1 atom stereocenters. The number of halogens is 3. The largest absolute Gasteiger partial charge is 0.417 e. The molecule has 0 saturated heterocycles. The molecule has 0 amide bonds. The predicted molar refractivity (Wildman–Crippen MR) is 79.3 cm³/mol. The highest BCUT2D eigenvalue weighted by Gasteiger charge is 2.36. The van der Waals surface area contributed by atoms with Gasteiger partial charge in [0.1, 0.15) is 0 Å². The lowest BCUT2D eigenvalue weighted by atomic mass is 10.0. The van der Waals surface area contributed by atoms with Crippen molar-refractivity contribution < 1.29 is 26.7 Å². The third kappa shape index (κ3) is 4.58. The molecule has 0 heterocycles. The SMILES string of the molecule is NS(=O)(=O)c1ccc(NCC(O)C2CCCC2)cc1C(F)(F)F. The molecular weight excluding hydrogens is 333 g/mol. The lowest BCUT2D eigenvalue weighted by molar-refractivity contribution is -0.139. The second-order valence-electron chi connectivity index (χ2n) is 5.75. The highest BCUT2D eigenvalue weighted by Crippen LogP contribution is 2.35. The Kier molecular flexibility index (Phi) is 5.22. The maximum absolute atomic E-state index is 13.0. The summed E-state index contributed by atoms with van der Waals surface area (Å²) in [5.41, 5.74) is -1.23. The summed E-state index contributed by atoms with van der Waals surface area (Å²) in [7, 11) is -4.47. The number of nitrogens with one attached hydrogen (secondary N) is 1. The van der Waals surface area contributed by atoms with Gasteiger partial charge in [0.25, 0.3) is 0 Å². The van der Waals surface area contributed by atoms with Gasteiger partial charge in [0.15, 0.2) is 0 Å². The van der Waals surface area contributed by atoms with E-state index in [1.807, 2.05) is 0 Å². The molecule has 9 heteroatoms. The maximum atomic E-state index is 13.0. The fourth-order valence-electron chi connectivity index (χ4n) is 2.84. The van der Waals surface area contributed by atoms with E-state index in [0.29, 0.717) is 6.07 Å². The number of aliphatic hydroxyl groups excluding tert-OH is 1. The molecule has 4 N–H and O–H groups in total. The van der Waals surface area contributed by atoms with Crippen LogP contribution in [0.15, 0.2) is 23.1 Å². The maximum Gasteiger partial charge on any atom is 0.417 e. The molecule has 1 aliphatic rings. The van der Waals surface area contributed by atoms with Gasteiger partial charge in [-0.25, -0.2) is 13.6 Å². The number of hydrogen-bond donors (Lipinski definition) is 3. The van der Waals surface area contributed by atoms with Crippen molar-refractivity contribution in [2.45, 2.75) is 42.9 Å². The van der Waals surface area contributed by atoms with Crippen molar-refractivity contribution in [2.24, 2.45) is 11.1 Å². The first kappa shape index (κ1) is 18.0. The van der Waals surface area contributed by atoms with Gasteiger partial charge in [-0.05, 0) is 37.0 Å². The van der Waals surface area contributed by atoms with Gasteiger partial charge in [-0.3, -0.25) is 0 Å². The highest BCUT2D eigenvalue weighted by molar-refractivity contribution is 7.89. The quantitative estimate of drug-likeness (QED) is 0.758. The van der Waals surface area contributed by atoms with Crippen LogP contribution in [0.5, 0.6) is 0 Å². The van der Waals surface area contributed by atoms with E-state index in [1.54, 1.807) is 0 Å². The zero-order chi connectivity index (χ0) is 17.3. The van der Waals surface area contributed by atoms with Crippen LogP contribution in [0.25, 0.3) is 0 Å². The molecule has 2 rings (SSSR count). The lowest BCUT2D eigenvalue weighted by Crippen LogP contribution is -2.27. The lowest BCUT2D eigenvalue weighted by Gasteiger charge is -2.19. The normalized spacial score (nSPS) is 18.1. The topological polar surface area (TPSA) is 92.4 Å². The molecule has 23 heavy (non-hydrogen) atoms. The van der Waals surface area contributed by atoms with Crippen molar-refractivity contribution in [1.29, 1.82) is 0 Å². The monoisotopic (exact) mass is 352 g/mol. The zero-order valence-electron chi connectivity index (χ0n) is 12.3. The van der Waals surface area contributed by atoms with Gasteiger partial charge in [0.2, 0.25) is 10.0 Å². The first-order valence-electron chi connectivity index (χ1n) is 7.25. The van der Waals surface area contributed by atoms with Gasteiger partial charge in [-0.15, -0.1) is 0 Å². The predicted octanol–water partition coefficient (Wildman–Crippen LogP) is 2.32. The van der Waals surface area contributed by atoms with Crippen molar-refractivity contribution in [1.82, 2.24) is 0 Å². The fourth-order valence-corrected chi connectivity index (χ4v) is 3.58. The zero-order valence-corrected chi connectivity index (χ0v) is 13.1. The molecule has 1 fully saturated rings. The van der Waals surface area contributed by atoms with E-state index < -0.39 is 32.8 Å². The van der Waals surface area contributed by atoms with Crippen LogP contribution in [-0.2, 0) is 16.2 Å². The van der Waals surface area contributed by atoms with Crippen molar-refractivity contribution in [3.8, 4) is 0 Å². The van der Waals surface area contributed by atoms with Gasteiger partial charge in [-0.1, -0.05) is 12.8 Å². The highest BCUT2D eigenvalue weighted by atomic mass is 32.2. The molecule has 1 unspecified atom stereocenters. The Morgan fingerprint density at radius 2 is 1.91 bits per heavy atom. The van der Waals surface area contributed by atoms with Crippen molar-refractivity contribution in [3.05, 3.63) is 23.8 Å². The van der Waals surface area contributed by atoms with E-state index in [2.05, 4.69) is 5.32 Å². The average molecular weight is 352 g/mol. The first-order valence-corrected chi connectivity index (χ1v) is 8.79. The molecule has 1 saturated carbocycles. The number of aliphatic hydroxyl groups is 1. The van der Waals surface area contributed by atoms with Crippen LogP contribution in [0.2, 0.25) is 0 Å². The smallest absolute Gasteiger partial charge is 0.391 e. The Bertz CT molecular complexity index is 656. The Balaban J connectivity index is 2.17. The second-order valence-corrected chi connectivity index (χ2v) is 7.28. The van der Waals surface area contributed by atoms with Crippen LogP contribution in [0, 0.1) is 5.92 Å². The number of nitrogens with two attached hydrogens (primary N) is 1. The minimum absolute atomic E-state index is 0.0850. The van der Waals surface area contributed by atoms with Gasteiger partial charge in [0, 0.05) is 12.2 Å². The summed E-state index contributed by atoms with van der Waals surface area (Å²) in [5, 5.41) is 17.6. The van der Waals surface area contributed by atoms with E-state index in [1.165, 1.54) is 6.07 Å². The number of benzene rings is 1. The number of alkyl halides is 3. The number of hydrogen-bond acceptors (Lipinski definition) is 4. The van der Waals surface area contributed by atoms with E-state index in [4.69, 9.17) is 5.14 Å². The van der Waals surface area contributed by atoms with Crippen LogP contribution < -0.4 is 10.5 Å². The van der Waals surface area contributed by atoms with E-state index >= 15 is 0 Å². The second kappa shape index (κ2) is 6.66. The molecule has 1 aliphatic carbocycles. The molecule has 130 valence electrons. The van der Waals surface area contributed by atoms with E-state index in [0.717, 1.165) is 31.7 Å². The number of sulfonamides is 1.